The Morgan fingerprint density at radius 1 is 1.10 bits per heavy atom. The van der Waals surface area contributed by atoms with E-state index in [2.05, 4.69) is 0 Å². The SMILES string of the molecule is O=C(c1ccc(Cl)cc1Cl)N1CC[C@H]2CCCC[C@H]2C1. The zero-order valence-corrected chi connectivity index (χ0v) is 13.0. The molecule has 2 fully saturated rings. The van der Waals surface area contributed by atoms with Gasteiger partial charge in [-0.05, 0) is 42.9 Å². The summed E-state index contributed by atoms with van der Waals surface area (Å²) in [6.45, 7) is 1.75. The second kappa shape index (κ2) is 5.95. The van der Waals surface area contributed by atoms with Crippen molar-refractivity contribution in [3.8, 4) is 0 Å². The largest absolute Gasteiger partial charge is 0.338 e. The average molecular weight is 312 g/mol. The smallest absolute Gasteiger partial charge is 0.255 e. The average Bonchev–Trinajstić information content (AvgIpc) is 2.46. The van der Waals surface area contributed by atoms with Crippen molar-refractivity contribution in [2.24, 2.45) is 11.8 Å². The van der Waals surface area contributed by atoms with Gasteiger partial charge in [0.2, 0.25) is 0 Å². The first kappa shape index (κ1) is 14.2. The van der Waals surface area contributed by atoms with Gasteiger partial charge < -0.3 is 4.90 Å². The van der Waals surface area contributed by atoms with Crippen LogP contribution in [-0.4, -0.2) is 23.9 Å². The van der Waals surface area contributed by atoms with E-state index in [1.165, 1.54) is 25.7 Å². The molecule has 1 aliphatic carbocycles. The first-order chi connectivity index (χ1) is 9.65. The van der Waals surface area contributed by atoms with Crippen molar-refractivity contribution in [1.29, 1.82) is 0 Å². The molecule has 1 aromatic carbocycles. The second-order valence-electron chi connectivity index (χ2n) is 5.97. The summed E-state index contributed by atoms with van der Waals surface area (Å²) >= 11 is 12.0. The number of amides is 1. The minimum atomic E-state index is 0.0516. The minimum absolute atomic E-state index is 0.0516. The van der Waals surface area contributed by atoms with Gasteiger partial charge in [-0.25, -0.2) is 0 Å². The molecule has 0 radical (unpaired) electrons. The van der Waals surface area contributed by atoms with Crippen LogP contribution in [0.5, 0.6) is 0 Å². The quantitative estimate of drug-likeness (QED) is 0.739. The molecular weight excluding hydrogens is 293 g/mol. The number of hydrogen-bond acceptors (Lipinski definition) is 1. The van der Waals surface area contributed by atoms with Gasteiger partial charge in [-0.2, -0.15) is 0 Å². The predicted octanol–water partition coefficient (Wildman–Crippen LogP) is 4.65. The lowest BCUT2D eigenvalue weighted by Gasteiger charge is -2.41. The van der Waals surface area contributed by atoms with Gasteiger partial charge in [-0.1, -0.05) is 42.5 Å². The predicted molar refractivity (Wildman–Crippen MR) is 82.4 cm³/mol. The summed E-state index contributed by atoms with van der Waals surface area (Å²) in [6, 6.07) is 5.11. The van der Waals surface area contributed by atoms with Gasteiger partial charge in [-0.3, -0.25) is 4.79 Å². The molecule has 0 aromatic heterocycles. The number of rotatable bonds is 1. The second-order valence-corrected chi connectivity index (χ2v) is 6.81. The maximum atomic E-state index is 12.6. The van der Waals surface area contributed by atoms with Crippen LogP contribution in [0.15, 0.2) is 18.2 Å². The molecule has 1 aliphatic heterocycles. The van der Waals surface area contributed by atoms with Crippen LogP contribution in [-0.2, 0) is 0 Å². The summed E-state index contributed by atoms with van der Waals surface area (Å²) in [6.07, 6.45) is 6.42. The highest BCUT2D eigenvalue weighted by molar-refractivity contribution is 6.36. The lowest BCUT2D eigenvalue weighted by atomic mass is 9.75. The van der Waals surface area contributed by atoms with Crippen molar-refractivity contribution >= 4 is 29.1 Å². The van der Waals surface area contributed by atoms with E-state index in [0.29, 0.717) is 21.5 Å². The van der Waals surface area contributed by atoms with E-state index in [4.69, 9.17) is 23.2 Å². The van der Waals surface area contributed by atoms with Gasteiger partial charge in [0.05, 0.1) is 10.6 Å². The maximum Gasteiger partial charge on any atom is 0.255 e. The number of likely N-dealkylation sites (tertiary alicyclic amines) is 1. The first-order valence-corrected chi connectivity index (χ1v) is 8.15. The van der Waals surface area contributed by atoms with Crippen molar-refractivity contribution in [3.63, 3.8) is 0 Å². The Hall–Kier alpha value is -0.730. The zero-order chi connectivity index (χ0) is 14.1. The molecule has 0 unspecified atom stereocenters. The lowest BCUT2D eigenvalue weighted by molar-refractivity contribution is 0.0521. The van der Waals surface area contributed by atoms with Gasteiger partial charge in [0.15, 0.2) is 0 Å². The van der Waals surface area contributed by atoms with Gasteiger partial charge >= 0.3 is 0 Å². The van der Waals surface area contributed by atoms with E-state index in [1.54, 1.807) is 18.2 Å². The molecule has 1 amide bonds. The summed E-state index contributed by atoms with van der Waals surface area (Å²) in [4.78, 5) is 14.6. The normalized spacial score (nSPS) is 26.2. The molecule has 1 saturated carbocycles. The highest BCUT2D eigenvalue weighted by atomic mass is 35.5. The van der Waals surface area contributed by atoms with Crippen molar-refractivity contribution < 1.29 is 4.79 Å². The molecule has 4 heteroatoms. The molecule has 20 heavy (non-hydrogen) atoms. The van der Waals surface area contributed by atoms with Crippen LogP contribution in [0.4, 0.5) is 0 Å². The molecule has 0 N–H and O–H groups in total. The van der Waals surface area contributed by atoms with Crippen molar-refractivity contribution in [2.75, 3.05) is 13.1 Å². The maximum absolute atomic E-state index is 12.6. The molecule has 2 aliphatic rings. The summed E-state index contributed by atoms with van der Waals surface area (Å²) in [7, 11) is 0. The third-order valence-electron chi connectivity index (χ3n) is 4.74. The topological polar surface area (TPSA) is 20.3 Å². The molecule has 1 heterocycles. The molecular formula is C16H19Cl2NO. The molecule has 0 spiro atoms. The van der Waals surface area contributed by atoms with Crippen LogP contribution in [0.3, 0.4) is 0 Å². The number of carbonyl (C=O) groups excluding carboxylic acids is 1. The molecule has 1 aromatic rings. The third-order valence-corrected chi connectivity index (χ3v) is 5.29. The van der Waals surface area contributed by atoms with E-state index in [1.807, 2.05) is 4.90 Å². The molecule has 3 rings (SSSR count). The number of halogens is 2. The van der Waals surface area contributed by atoms with Gasteiger partial charge in [0.1, 0.15) is 0 Å². The molecule has 2 nitrogen and oxygen atoms in total. The van der Waals surface area contributed by atoms with Gasteiger partial charge in [0.25, 0.3) is 5.91 Å². The van der Waals surface area contributed by atoms with Crippen LogP contribution in [0.25, 0.3) is 0 Å². The first-order valence-electron chi connectivity index (χ1n) is 7.39. The Morgan fingerprint density at radius 3 is 2.60 bits per heavy atom. The number of nitrogens with zero attached hydrogens (tertiary/aromatic N) is 1. The van der Waals surface area contributed by atoms with Crippen molar-refractivity contribution in [1.82, 2.24) is 4.90 Å². The Kier molecular flexibility index (Phi) is 4.23. The molecule has 1 saturated heterocycles. The monoisotopic (exact) mass is 311 g/mol. The molecule has 2 atom stereocenters. The summed E-state index contributed by atoms with van der Waals surface area (Å²) in [5, 5.41) is 1.02. The summed E-state index contributed by atoms with van der Waals surface area (Å²) in [5.41, 5.74) is 0.574. The summed E-state index contributed by atoms with van der Waals surface area (Å²) < 4.78 is 0. The molecule has 108 valence electrons. The molecule has 0 bridgehead atoms. The Morgan fingerprint density at radius 2 is 1.85 bits per heavy atom. The van der Waals surface area contributed by atoms with Crippen molar-refractivity contribution in [2.45, 2.75) is 32.1 Å². The van der Waals surface area contributed by atoms with E-state index >= 15 is 0 Å². The van der Waals surface area contributed by atoms with Crippen LogP contribution in [0.2, 0.25) is 10.0 Å². The van der Waals surface area contributed by atoms with Crippen LogP contribution in [0.1, 0.15) is 42.5 Å². The fraction of sp³-hybridized carbons (Fsp3) is 0.562. The Balaban J connectivity index is 1.74. The number of carbonyl (C=O) groups is 1. The fourth-order valence-electron chi connectivity index (χ4n) is 3.62. The van der Waals surface area contributed by atoms with Crippen LogP contribution >= 0.6 is 23.2 Å². The number of benzene rings is 1. The zero-order valence-electron chi connectivity index (χ0n) is 11.4. The van der Waals surface area contributed by atoms with E-state index in [0.717, 1.165) is 25.4 Å². The highest BCUT2D eigenvalue weighted by Gasteiger charge is 2.33. The Bertz CT molecular complexity index is 517. The third kappa shape index (κ3) is 2.82. The van der Waals surface area contributed by atoms with Gasteiger partial charge in [0, 0.05) is 18.1 Å². The van der Waals surface area contributed by atoms with Gasteiger partial charge in [-0.15, -0.1) is 0 Å². The minimum Gasteiger partial charge on any atom is -0.338 e. The highest BCUT2D eigenvalue weighted by Crippen LogP contribution is 2.36. The standard InChI is InChI=1S/C16H19Cl2NO/c17-13-5-6-14(15(18)9-13)16(20)19-8-7-11-3-1-2-4-12(11)10-19/h5-6,9,11-12H,1-4,7-8,10H2/t11-,12+/m1/s1. The number of piperidine rings is 1. The number of fused-ring (bicyclic) bond motifs is 1. The van der Waals surface area contributed by atoms with E-state index < -0.39 is 0 Å². The van der Waals surface area contributed by atoms with E-state index in [9.17, 15) is 4.79 Å². The van der Waals surface area contributed by atoms with Crippen LogP contribution < -0.4 is 0 Å². The lowest BCUT2D eigenvalue weighted by Crippen LogP contribution is -2.44. The summed E-state index contributed by atoms with van der Waals surface area (Å²) in [5.74, 6) is 1.57. The number of hydrogen-bond donors (Lipinski definition) is 0. The fourth-order valence-corrected chi connectivity index (χ4v) is 4.11. The van der Waals surface area contributed by atoms with Crippen molar-refractivity contribution in [3.05, 3.63) is 33.8 Å². The van der Waals surface area contributed by atoms with Crippen LogP contribution in [0, 0.1) is 11.8 Å². The Labute approximate surface area is 130 Å². The van der Waals surface area contributed by atoms with E-state index in [-0.39, 0.29) is 5.91 Å².